The highest BCUT2D eigenvalue weighted by Crippen LogP contribution is 2.18. The monoisotopic (exact) mass is 318 g/mol. The van der Waals surface area contributed by atoms with Crippen LogP contribution in [0.4, 0.5) is 11.4 Å². The number of carbonyl (C=O) groups excluding carboxylic acids is 2. The molecule has 3 rings (SSSR count). The van der Waals surface area contributed by atoms with Gasteiger partial charge in [-0.2, -0.15) is 0 Å². The summed E-state index contributed by atoms with van der Waals surface area (Å²) >= 11 is 0. The summed E-state index contributed by atoms with van der Waals surface area (Å²) in [6.07, 6.45) is 0.301. The summed E-state index contributed by atoms with van der Waals surface area (Å²) in [6.45, 7) is 1.45. The van der Waals surface area contributed by atoms with Crippen LogP contribution in [0.5, 0.6) is 0 Å². The van der Waals surface area contributed by atoms with Crippen LogP contribution in [0.3, 0.4) is 0 Å². The van der Waals surface area contributed by atoms with Crippen molar-refractivity contribution < 1.29 is 9.59 Å². The standard InChI is InChI=1S/C20H18N2O2/c1-14(23)21-18-7-4-8-19(13-18)22-20(24)12-15-9-10-16-5-2-3-6-17(16)11-15/h2-11,13H,12H2,1H3,(H,21,23)(H,22,24). The first-order chi connectivity index (χ1) is 11.6. The van der Waals surface area contributed by atoms with Gasteiger partial charge in [-0.15, -0.1) is 0 Å². The molecule has 0 saturated heterocycles. The lowest BCUT2D eigenvalue weighted by atomic mass is 10.0. The minimum absolute atomic E-state index is 0.0924. The van der Waals surface area contributed by atoms with Gasteiger partial charge in [0.05, 0.1) is 6.42 Å². The maximum atomic E-state index is 12.3. The fourth-order valence-electron chi connectivity index (χ4n) is 2.62. The van der Waals surface area contributed by atoms with Crippen molar-refractivity contribution in [2.75, 3.05) is 10.6 Å². The number of hydrogen-bond donors (Lipinski definition) is 2. The van der Waals surface area contributed by atoms with Gasteiger partial charge in [0.2, 0.25) is 11.8 Å². The first-order valence-electron chi connectivity index (χ1n) is 7.75. The fraction of sp³-hybridized carbons (Fsp3) is 0.100. The average Bonchev–Trinajstić information content (AvgIpc) is 2.54. The second-order valence-corrected chi connectivity index (χ2v) is 5.67. The highest BCUT2D eigenvalue weighted by molar-refractivity contribution is 5.95. The van der Waals surface area contributed by atoms with Crippen molar-refractivity contribution in [3.05, 3.63) is 72.3 Å². The third-order valence-electron chi connectivity index (χ3n) is 3.65. The van der Waals surface area contributed by atoms with Gasteiger partial charge in [-0.05, 0) is 34.5 Å². The van der Waals surface area contributed by atoms with Crippen molar-refractivity contribution >= 4 is 34.0 Å². The Balaban J connectivity index is 1.69. The zero-order chi connectivity index (χ0) is 16.9. The van der Waals surface area contributed by atoms with E-state index in [1.165, 1.54) is 6.92 Å². The molecular weight excluding hydrogens is 300 g/mol. The van der Waals surface area contributed by atoms with E-state index in [4.69, 9.17) is 0 Å². The first-order valence-corrected chi connectivity index (χ1v) is 7.75. The predicted octanol–water partition coefficient (Wildman–Crippen LogP) is 3.98. The Labute approximate surface area is 140 Å². The van der Waals surface area contributed by atoms with Crippen LogP contribution in [0, 0.1) is 0 Å². The van der Waals surface area contributed by atoms with Gasteiger partial charge in [-0.25, -0.2) is 0 Å². The van der Waals surface area contributed by atoms with Crippen LogP contribution in [0.25, 0.3) is 10.8 Å². The molecule has 0 aliphatic carbocycles. The van der Waals surface area contributed by atoms with E-state index in [1.807, 2.05) is 42.5 Å². The lowest BCUT2D eigenvalue weighted by Gasteiger charge is -2.08. The van der Waals surface area contributed by atoms with Gasteiger partial charge in [-0.3, -0.25) is 9.59 Å². The van der Waals surface area contributed by atoms with Crippen molar-refractivity contribution in [2.24, 2.45) is 0 Å². The summed E-state index contributed by atoms with van der Waals surface area (Å²) in [6, 6.07) is 21.2. The van der Waals surface area contributed by atoms with Crippen LogP contribution in [0.2, 0.25) is 0 Å². The summed E-state index contributed by atoms with van der Waals surface area (Å²) < 4.78 is 0. The van der Waals surface area contributed by atoms with Crippen LogP contribution in [-0.2, 0) is 16.0 Å². The molecule has 0 aliphatic rings. The van der Waals surface area contributed by atoms with Crippen molar-refractivity contribution in [3.8, 4) is 0 Å². The molecule has 0 fully saturated rings. The largest absolute Gasteiger partial charge is 0.326 e. The zero-order valence-corrected chi connectivity index (χ0v) is 13.4. The molecule has 0 unspecified atom stereocenters. The Morgan fingerprint density at radius 1 is 0.792 bits per heavy atom. The van der Waals surface area contributed by atoms with Crippen LogP contribution in [0.15, 0.2) is 66.7 Å². The van der Waals surface area contributed by atoms with Gasteiger partial charge in [0.1, 0.15) is 0 Å². The van der Waals surface area contributed by atoms with Crippen LogP contribution < -0.4 is 10.6 Å². The Morgan fingerprint density at radius 3 is 2.25 bits per heavy atom. The Hall–Kier alpha value is -3.14. The fourth-order valence-corrected chi connectivity index (χ4v) is 2.62. The molecule has 3 aromatic rings. The second-order valence-electron chi connectivity index (χ2n) is 5.67. The molecule has 2 amide bonds. The van der Waals surface area contributed by atoms with E-state index in [-0.39, 0.29) is 11.8 Å². The number of hydrogen-bond acceptors (Lipinski definition) is 2. The van der Waals surface area contributed by atoms with Gasteiger partial charge >= 0.3 is 0 Å². The van der Waals surface area contributed by atoms with E-state index in [0.717, 1.165) is 16.3 Å². The molecule has 0 spiro atoms. The lowest BCUT2D eigenvalue weighted by Crippen LogP contribution is -2.14. The Kier molecular flexibility index (Phi) is 4.57. The van der Waals surface area contributed by atoms with E-state index in [0.29, 0.717) is 17.8 Å². The minimum atomic E-state index is -0.144. The van der Waals surface area contributed by atoms with Gasteiger partial charge in [0, 0.05) is 18.3 Å². The smallest absolute Gasteiger partial charge is 0.228 e. The zero-order valence-electron chi connectivity index (χ0n) is 13.4. The van der Waals surface area contributed by atoms with E-state index < -0.39 is 0 Å². The first kappa shape index (κ1) is 15.7. The SMILES string of the molecule is CC(=O)Nc1cccc(NC(=O)Cc2ccc3ccccc3c2)c1. The maximum Gasteiger partial charge on any atom is 0.228 e. The molecular formula is C20H18N2O2. The third-order valence-corrected chi connectivity index (χ3v) is 3.65. The summed E-state index contributed by atoms with van der Waals surface area (Å²) in [4.78, 5) is 23.3. The highest BCUT2D eigenvalue weighted by atomic mass is 16.2. The molecule has 0 radical (unpaired) electrons. The van der Waals surface area contributed by atoms with E-state index in [2.05, 4.69) is 10.6 Å². The summed E-state index contributed by atoms with van der Waals surface area (Å²) in [5, 5.41) is 7.84. The summed E-state index contributed by atoms with van der Waals surface area (Å²) in [7, 11) is 0. The predicted molar refractivity (Wildman–Crippen MR) is 97.0 cm³/mol. The van der Waals surface area contributed by atoms with Crippen molar-refractivity contribution in [3.63, 3.8) is 0 Å². The van der Waals surface area contributed by atoms with E-state index >= 15 is 0 Å². The number of fused-ring (bicyclic) bond motifs is 1. The molecule has 3 aromatic carbocycles. The van der Waals surface area contributed by atoms with Gasteiger partial charge in [0.15, 0.2) is 0 Å². The topological polar surface area (TPSA) is 58.2 Å². The second kappa shape index (κ2) is 6.96. The average molecular weight is 318 g/mol. The number of amides is 2. The molecule has 24 heavy (non-hydrogen) atoms. The molecule has 0 heterocycles. The van der Waals surface area contributed by atoms with E-state index in [9.17, 15) is 9.59 Å². The third kappa shape index (κ3) is 3.98. The normalized spacial score (nSPS) is 10.4. The van der Waals surface area contributed by atoms with Crippen molar-refractivity contribution in [2.45, 2.75) is 13.3 Å². The molecule has 0 atom stereocenters. The molecule has 0 aromatic heterocycles. The van der Waals surface area contributed by atoms with E-state index in [1.54, 1.807) is 24.3 Å². The molecule has 0 saturated carbocycles. The molecule has 4 heteroatoms. The van der Waals surface area contributed by atoms with Crippen LogP contribution in [-0.4, -0.2) is 11.8 Å². The van der Waals surface area contributed by atoms with Gasteiger partial charge in [0.25, 0.3) is 0 Å². The van der Waals surface area contributed by atoms with Crippen molar-refractivity contribution in [1.29, 1.82) is 0 Å². The Bertz CT molecular complexity index is 903. The minimum Gasteiger partial charge on any atom is -0.326 e. The number of rotatable bonds is 4. The number of benzene rings is 3. The summed E-state index contributed by atoms with van der Waals surface area (Å²) in [5.41, 5.74) is 2.28. The molecule has 4 nitrogen and oxygen atoms in total. The molecule has 0 aliphatic heterocycles. The Morgan fingerprint density at radius 2 is 1.50 bits per heavy atom. The number of anilines is 2. The number of nitrogens with one attached hydrogen (secondary N) is 2. The quantitative estimate of drug-likeness (QED) is 0.764. The molecule has 120 valence electrons. The van der Waals surface area contributed by atoms with Crippen LogP contribution >= 0.6 is 0 Å². The van der Waals surface area contributed by atoms with Crippen molar-refractivity contribution in [1.82, 2.24) is 0 Å². The summed E-state index contributed by atoms with van der Waals surface area (Å²) in [5.74, 6) is -0.236. The molecule has 0 bridgehead atoms. The molecule has 2 N–H and O–H groups in total. The van der Waals surface area contributed by atoms with Gasteiger partial charge in [-0.1, -0.05) is 48.5 Å². The number of carbonyl (C=O) groups is 2. The highest BCUT2D eigenvalue weighted by Gasteiger charge is 2.06. The lowest BCUT2D eigenvalue weighted by molar-refractivity contribution is -0.115. The van der Waals surface area contributed by atoms with Crippen LogP contribution in [0.1, 0.15) is 12.5 Å². The maximum absolute atomic E-state index is 12.3. The van der Waals surface area contributed by atoms with Gasteiger partial charge < -0.3 is 10.6 Å².